The van der Waals surface area contributed by atoms with Crippen LogP contribution in [0.5, 0.6) is 5.75 Å². The minimum absolute atomic E-state index is 0.109. The smallest absolute Gasteiger partial charge is 0.332 e. The fourth-order valence-corrected chi connectivity index (χ4v) is 4.20. The van der Waals surface area contributed by atoms with Crippen molar-refractivity contribution in [3.63, 3.8) is 0 Å². The predicted octanol–water partition coefficient (Wildman–Crippen LogP) is 0.987. The highest BCUT2D eigenvalue weighted by atomic mass is 19.1. The zero-order valence-electron chi connectivity index (χ0n) is 15.8. The number of aliphatic hydroxyl groups excluding tert-OH is 1. The lowest BCUT2D eigenvalue weighted by Gasteiger charge is -2.33. The fourth-order valence-electron chi connectivity index (χ4n) is 4.20. The van der Waals surface area contributed by atoms with Crippen LogP contribution in [0, 0.1) is 5.82 Å². The molecule has 4 rings (SSSR count). The monoisotopic (exact) mass is 403 g/mol. The van der Waals surface area contributed by atoms with Crippen LogP contribution in [0.3, 0.4) is 0 Å². The molecule has 1 aliphatic heterocycles. The number of aromatic nitrogens is 2. The molecule has 0 saturated heterocycles. The molecule has 1 aromatic carbocycles. The number of halogens is 1. The van der Waals surface area contributed by atoms with Gasteiger partial charge in [-0.15, -0.1) is 0 Å². The van der Waals surface area contributed by atoms with Crippen LogP contribution < -0.4 is 11.2 Å². The highest BCUT2D eigenvalue weighted by Crippen LogP contribution is 2.28. The van der Waals surface area contributed by atoms with Gasteiger partial charge in [0.1, 0.15) is 5.82 Å². The second kappa shape index (κ2) is 7.47. The summed E-state index contributed by atoms with van der Waals surface area (Å²) in [5.41, 5.74) is -1.30. The van der Waals surface area contributed by atoms with Gasteiger partial charge in [0.2, 0.25) is 5.75 Å². The molecule has 8 nitrogen and oxygen atoms in total. The van der Waals surface area contributed by atoms with Crippen molar-refractivity contribution in [1.82, 2.24) is 14.0 Å². The Balaban J connectivity index is 1.71. The summed E-state index contributed by atoms with van der Waals surface area (Å²) in [6.07, 6.45) is 1.66. The molecular weight excluding hydrogens is 381 g/mol. The number of amides is 1. The number of fused-ring (bicyclic) bond motifs is 1. The van der Waals surface area contributed by atoms with Crippen LogP contribution >= 0.6 is 0 Å². The van der Waals surface area contributed by atoms with Crippen molar-refractivity contribution in [2.45, 2.75) is 50.9 Å². The molecule has 1 saturated carbocycles. The molecule has 154 valence electrons. The number of carbonyl (C=O) groups excluding carboxylic acids is 1. The lowest BCUT2D eigenvalue weighted by molar-refractivity contribution is 0.0634. The normalized spacial score (nSPS) is 21.9. The molecule has 1 fully saturated rings. The lowest BCUT2D eigenvalue weighted by atomic mass is 9.92. The van der Waals surface area contributed by atoms with E-state index in [1.165, 1.54) is 17.0 Å². The van der Waals surface area contributed by atoms with Gasteiger partial charge in [0.05, 0.1) is 12.1 Å². The predicted molar refractivity (Wildman–Crippen MR) is 101 cm³/mol. The van der Waals surface area contributed by atoms with Crippen molar-refractivity contribution in [1.29, 1.82) is 0 Å². The second-order valence-electron chi connectivity index (χ2n) is 7.58. The van der Waals surface area contributed by atoms with Crippen molar-refractivity contribution in [2.24, 2.45) is 0 Å². The van der Waals surface area contributed by atoms with E-state index in [0.717, 1.165) is 22.0 Å². The van der Waals surface area contributed by atoms with Gasteiger partial charge in [-0.05, 0) is 30.5 Å². The maximum Gasteiger partial charge on any atom is 0.332 e. The fraction of sp³-hybridized carbons (Fsp3) is 0.450. The number of benzene rings is 1. The molecule has 0 radical (unpaired) electrons. The SMILES string of the molecule is O=C1c2c(O)c(=O)n(C3CCCC[C@@H]3O)c(=O)n2CCN1Cc1ccc(F)cc1. The molecule has 2 aromatic rings. The average molecular weight is 403 g/mol. The topological polar surface area (TPSA) is 105 Å². The summed E-state index contributed by atoms with van der Waals surface area (Å²) in [5.74, 6) is -1.81. The van der Waals surface area contributed by atoms with Crippen LogP contribution in [-0.4, -0.2) is 42.8 Å². The largest absolute Gasteiger partial charge is 0.501 e. The molecule has 0 bridgehead atoms. The van der Waals surface area contributed by atoms with E-state index in [1.54, 1.807) is 12.1 Å². The van der Waals surface area contributed by atoms with Crippen LogP contribution in [0.2, 0.25) is 0 Å². The Morgan fingerprint density at radius 1 is 1.03 bits per heavy atom. The molecule has 1 aliphatic carbocycles. The standard InChI is InChI=1S/C20H22FN3O5/c21-13-7-5-12(6-8-13)11-22-9-10-23-16(18(22)27)17(26)19(28)24(20(23)29)14-3-1-2-4-15(14)25/h5-8,14-15,25-26H,1-4,9-11H2/t14?,15-/m0/s1. The van der Waals surface area contributed by atoms with Crippen LogP contribution in [-0.2, 0) is 13.1 Å². The minimum atomic E-state index is -0.954. The minimum Gasteiger partial charge on any atom is -0.501 e. The summed E-state index contributed by atoms with van der Waals surface area (Å²) in [6.45, 7) is 0.475. The zero-order valence-corrected chi connectivity index (χ0v) is 15.8. The lowest BCUT2D eigenvalue weighted by Crippen LogP contribution is -2.52. The van der Waals surface area contributed by atoms with Gasteiger partial charge in [-0.1, -0.05) is 25.0 Å². The van der Waals surface area contributed by atoms with Crippen molar-refractivity contribution >= 4 is 5.91 Å². The molecule has 2 atom stereocenters. The van der Waals surface area contributed by atoms with Gasteiger partial charge in [0.15, 0.2) is 5.69 Å². The zero-order chi connectivity index (χ0) is 20.7. The third kappa shape index (κ3) is 3.35. The highest BCUT2D eigenvalue weighted by Gasteiger charge is 2.35. The van der Waals surface area contributed by atoms with E-state index >= 15 is 0 Å². The summed E-state index contributed by atoms with van der Waals surface area (Å²) >= 11 is 0. The van der Waals surface area contributed by atoms with Crippen molar-refractivity contribution in [3.8, 4) is 5.75 Å². The van der Waals surface area contributed by atoms with E-state index in [1.807, 2.05) is 0 Å². The van der Waals surface area contributed by atoms with Crippen molar-refractivity contribution in [2.75, 3.05) is 6.54 Å². The van der Waals surface area contributed by atoms with E-state index in [2.05, 4.69) is 0 Å². The summed E-state index contributed by atoms with van der Waals surface area (Å²) < 4.78 is 15.1. The summed E-state index contributed by atoms with van der Waals surface area (Å²) in [6, 6.07) is 4.96. The first-order valence-electron chi connectivity index (χ1n) is 9.68. The molecule has 1 unspecified atom stereocenters. The number of aliphatic hydroxyl groups is 1. The van der Waals surface area contributed by atoms with E-state index in [4.69, 9.17) is 0 Å². The molecule has 29 heavy (non-hydrogen) atoms. The third-order valence-corrected chi connectivity index (χ3v) is 5.75. The van der Waals surface area contributed by atoms with Gasteiger partial charge in [0.25, 0.3) is 11.5 Å². The van der Waals surface area contributed by atoms with Gasteiger partial charge in [0, 0.05) is 19.6 Å². The quantitative estimate of drug-likeness (QED) is 0.795. The maximum atomic E-state index is 13.1. The third-order valence-electron chi connectivity index (χ3n) is 5.75. The van der Waals surface area contributed by atoms with Gasteiger partial charge in [-0.25, -0.2) is 9.18 Å². The van der Waals surface area contributed by atoms with E-state index in [9.17, 15) is 29.0 Å². The molecule has 9 heteroatoms. The highest BCUT2D eigenvalue weighted by molar-refractivity contribution is 5.95. The van der Waals surface area contributed by atoms with Crippen LogP contribution in [0.25, 0.3) is 0 Å². The van der Waals surface area contributed by atoms with Gasteiger partial charge in [-0.2, -0.15) is 0 Å². The number of hydrogen-bond donors (Lipinski definition) is 2. The molecule has 1 aromatic heterocycles. The molecule has 2 aliphatic rings. The summed E-state index contributed by atoms with van der Waals surface area (Å²) in [7, 11) is 0. The first-order chi connectivity index (χ1) is 13.9. The van der Waals surface area contributed by atoms with Gasteiger partial charge < -0.3 is 15.1 Å². The first kappa shape index (κ1) is 19.4. The Kier molecular flexibility index (Phi) is 4.99. The number of aromatic hydroxyl groups is 1. The molecule has 1 amide bonds. The number of carbonyl (C=O) groups is 1. The Hall–Kier alpha value is -2.94. The van der Waals surface area contributed by atoms with Gasteiger partial charge in [-0.3, -0.25) is 18.7 Å². The Bertz CT molecular complexity index is 1060. The molecular formula is C20H22FN3O5. The maximum absolute atomic E-state index is 13.1. The number of rotatable bonds is 3. The Morgan fingerprint density at radius 2 is 1.72 bits per heavy atom. The van der Waals surface area contributed by atoms with E-state index in [-0.39, 0.29) is 25.3 Å². The van der Waals surface area contributed by atoms with E-state index < -0.39 is 40.9 Å². The van der Waals surface area contributed by atoms with Crippen LogP contribution in [0.4, 0.5) is 4.39 Å². The van der Waals surface area contributed by atoms with Crippen molar-refractivity contribution in [3.05, 3.63) is 62.2 Å². The molecule has 2 N–H and O–H groups in total. The summed E-state index contributed by atoms with van der Waals surface area (Å²) in [5, 5.41) is 20.7. The van der Waals surface area contributed by atoms with Crippen molar-refractivity contribution < 1.29 is 19.4 Å². The Labute approximate surface area is 165 Å². The number of hydrogen-bond acceptors (Lipinski definition) is 5. The summed E-state index contributed by atoms with van der Waals surface area (Å²) in [4.78, 5) is 40.0. The average Bonchev–Trinajstić information content (AvgIpc) is 2.71. The molecule has 2 heterocycles. The van der Waals surface area contributed by atoms with E-state index in [0.29, 0.717) is 18.4 Å². The molecule has 0 spiro atoms. The first-order valence-corrected chi connectivity index (χ1v) is 9.68. The van der Waals surface area contributed by atoms with Crippen LogP contribution in [0.15, 0.2) is 33.9 Å². The van der Waals surface area contributed by atoms with Gasteiger partial charge >= 0.3 is 5.69 Å². The second-order valence-corrected chi connectivity index (χ2v) is 7.58. The Morgan fingerprint density at radius 3 is 2.41 bits per heavy atom. The number of nitrogens with zero attached hydrogens (tertiary/aromatic N) is 3. The van der Waals surface area contributed by atoms with Crippen LogP contribution in [0.1, 0.15) is 47.8 Å².